The fraction of sp³-hybridized carbons (Fsp3) is 0.0667. The minimum Gasteiger partial charge on any atom is -0.497 e. The van der Waals surface area contributed by atoms with Crippen molar-refractivity contribution in [3.8, 4) is 28.6 Å². The molecule has 0 fully saturated rings. The first-order valence-electron chi connectivity index (χ1n) is 6.11. The van der Waals surface area contributed by atoms with Gasteiger partial charge in [-0.3, -0.25) is 0 Å². The molecule has 21 heavy (non-hydrogen) atoms. The highest BCUT2D eigenvalue weighted by atomic mass is 35.5. The zero-order valence-corrected chi connectivity index (χ0v) is 12.5. The summed E-state index contributed by atoms with van der Waals surface area (Å²) in [5.41, 5.74) is 1.48. The third kappa shape index (κ3) is 2.86. The van der Waals surface area contributed by atoms with E-state index in [1.807, 2.05) is 24.3 Å². The Kier molecular flexibility index (Phi) is 3.82. The van der Waals surface area contributed by atoms with Gasteiger partial charge in [0.2, 0.25) is 5.82 Å². The number of aromatic nitrogens is 2. The van der Waals surface area contributed by atoms with Crippen molar-refractivity contribution in [1.82, 2.24) is 10.1 Å². The molecule has 2 aromatic carbocycles. The smallest absolute Gasteiger partial charge is 0.259 e. The van der Waals surface area contributed by atoms with Crippen LogP contribution in [0.15, 0.2) is 47.0 Å². The topological polar surface area (TPSA) is 48.2 Å². The molecule has 6 heteroatoms. The number of hydrogen-bond acceptors (Lipinski definition) is 4. The van der Waals surface area contributed by atoms with E-state index in [-0.39, 0.29) is 0 Å². The van der Waals surface area contributed by atoms with Crippen molar-refractivity contribution in [3.63, 3.8) is 0 Å². The Morgan fingerprint density at radius 2 is 1.81 bits per heavy atom. The lowest BCUT2D eigenvalue weighted by molar-refractivity contribution is 0.415. The van der Waals surface area contributed by atoms with E-state index in [0.717, 1.165) is 11.3 Å². The van der Waals surface area contributed by atoms with Gasteiger partial charge in [0, 0.05) is 10.6 Å². The van der Waals surface area contributed by atoms with Crippen LogP contribution < -0.4 is 4.74 Å². The lowest BCUT2D eigenvalue weighted by Crippen LogP contribution is -1.84. The first-order valence-corrected chi connectivity index (χ1v) is 6.86. The van der Waals surface area contributed by atoms with Crippen molar-refractivity contribution in [3.05, 3.63) is 52.5 Å². The average molecular weight is 321 g/mol. The zero-order valence-electron chi connectivity index (χ0n) is 11.0. The molecule has 1 heterocycles. The van der Waals surface area contributed by atoms with E-state index in [9.17, 15) is 0 Å². The summed E-state index contributed by atoms with van der Waals surface area (Å²) < 4.78 is 10.4. The van der Waals surface area contributed by atoms with Crippen LogP contribution in [-0.2, 0) is 0 Å². The van der Waals surface area contributed by atoms with Gasteiger partial charge >= 0.3 is 0 Å². The summed E-state index contributed by atoms with van der Waals surface area (Å²) in [6, 6.07) is 12.5. The molecule has 0 spiro atoms. The molecule has 0 saturated carbocycles. The zero-order chi connectivity index (χ0) is 14.8. The van der Waals surface area contributed by atoms with Gasteiger partial charge in [-0.1, -0.05) is 28.4 Å². The summed E-state index contributed by atoms with van der Waals surface area (Å²) >= 11 is 12.0. The van der Waals surface area contributed by atoms with Crippen molar-refractivity contribution in [2.75, 3.05) is 7.11 Å². The molecule has 1 aromatic heterocycles. The van der Waals surface area contributed by atoms with Gasteiger partial charge in [-0.25, -0.2) is 0 Å². The highest BCUT2D eigenvalue weighted by Crippen LogP contribution is 2.30. The third-order valence-electron chi connectivity index (χ3n) is 2.94. The minimum atomic E-state index is 0.350. The van der Waals surface area contributed by atoms with Crippen LogP contribution in [-0.4, -0.2) is 17.3 Å². The van der Waals surface area contributed by atoms with Crippen LogP contribution in [0.2, 0.25) is 10.0 Å². The predicted octanol–water partition coefficient (Wildman–Crippen LogP) is 4.72. The van der Waals surface area contributed by atoms with Gasteiger partial charge in [0.1, 0.15) is 5.75 Å². The Balaban J connectivity index is 1.95. The molecule has 0 aliphatic carbocycles. The molecule has 0 amide bonds. The van der Waals surface area contributed by atoms with Crippen molar-refractivity contribution in [2.24, 2.45) is 0 Å². The fourth-order valence-corrected chi connectivity index (χ4v) is 2.34. The number of rotatable bonds is 3. The Labute approximate surface area is 131 Å². The highest BCUT2D eigenvalue weighted by molar-refractivity contribution is 6.36. The molecule has 3 rings (SSSR count). The van der Waals surface area contributed by atoms with Gasteiger partial charge in [0.05, 0.1) is 17.7 Å². The predicted molar refractivity (Wildman–Crippen MR) is 81.7 cm³/mol. The van der Waals surface area contributed by atoms with Crippen LogP contribution in [0.25, 0.3) is 22.8 Å². The van der Waals surface area contributed by atoms with E-state index < -0.39 is 0 Å². The first kappa shape index (κ1) is 13.9. The number of ether oxygens (including phenoxy) is 1. The second-order valence-electron chi connectivity index (χ2n) is 4.28. The van der Waals surface area contributed by atoms with E-state index in [1.165, 1.54) is 0 Å². The maximum Gasteiger partial charge on any atom is 0.259 e. The summed E-state index contributed by atoms with van der Waals surface area (Å²) in [6.07, 6.45) is 0. The van der Waals surface area contributed by atoms with Crippen molar-refractivity contribution in [1.29, 1.82) is 0 Å². The Morgan fingerprint density at radius 1 is 1.05 bits per heavy atom. The number of nitrogens with zero attached hydrogens (tertiary/aromatic N) is 2. The van der Waals surface area contributed by atoms with Crippen LogP contribution in [0.4, 0.5) is 0 Å². The highest BCUT2D eigenvalue weighted by Gasteiger charge is 2.13. The van der Waals surface area contributed by atoms with Gasteiger partial charge in [-0.15, -0.1) is 0 Å². The number of benzene rings is 2. The molecule has 0 bridgehead atoms. The molecule has 4 nitrogen and oxygen atoms in total. The van der Waals surface area contributed by atoms with Crippen LogP contribution in [0.3, 0.4) is 0 Å². The van der Waals surface area contributed by atoms with Gasteiger partial charge in [-0.2, -0.15) is 4.98 Å². The van der Waals surface area contributed by atoms with Crippen molar-refractivity contribution in [2.45, 2.75) is 0 Å². The van der Waals surface area contributed by atoms with Crippen LogP contribution in [0, 0.1) is 0 Å². The lowest BCUT2D eigenvalue weighted by Gasteiger charge is -1.99. The summed E-state index contributed by atoms with van der Waals surface area (Å²) in [7, 11) is 1.62. The number of halogens is 2. The van der Waals surface area contributed by atoms with E-state index in [0.29, 0.717) is 27.3 Å². The maximum atomic E-state index is 6.13. The Bertz CT molecular complexity index is 770. The van der Waals surface area contributed by atoms with Crippen molar-refractivity contribution >= 4 is 23.2 Å². The van der Waals surface area contributed by atoms with Crippen LogP contribution in [0.5, 0.6) is 5.75 Å². The average Bonchev–Trinajstić information content (AvgIpc) is 2.97. The molecule has 0 N–H and O–H groups in total. The molecule has 0 atom stereocenters. The summed E-state index contributed by atoms with van der Waals surface area (Å²) in [4.78, 5) is 4.35. The summed E-state index contributed by atoms with van der Waals surface area (Å²) in [6.45, 7) is 0. The van der Waals surface area contributed by atoms with Crippen molar-refractivity contribution < 1.29 is 9.26 Å². The molecular weight excluding hydrogens is 311 g/mol. The number of hydrogen-bond donors (Lipinski definition) is 0. The molecule has 0 aliphatic heterocycles. The van der Waals surface area contributed by atoms with E-state index in [4.69, 9.17) is 32.5 Å². The number of methoxy groups -OCH3 is 1. The Morgan fingerprint density at radius 3 is 2.48 bits per heavy atom. The molecule has 106 valence electrons. The molecule has 0 aliphatic rings. The first-order chi connectivity index (χ1) is 10.2. The molecule has 3 aromatic rings. The SMILES string of the molecule is COc1ccc(-c2noc(-c3ccc(Cl)cc3Cl)n2)cc1. The van der Waals surface area contributed by atoms with Crippen LogP contribution in [0.1, 0.15) is 0 Å². The molecule has 0 unspecified atom stereocenters. The second-order valence-corrected chi connectivity index (χ2v) is 5.12. The second kappa shape index (κ2) is 5.76. The monoisotopic (exact) mass is 320 g/mol. The van der Waals surface area contributed by atoms with E-state index in [2.05, 4.69) is 10.1 Å². The molecule has 0 saturated heterocycles. The van der Waals surface area contributed by atoms with E-state index in [1.54, 1.807) is 25.3 Å². The normalized spacial score (nSPS) is 10.6. The largest absolute Gasteiger partial charge is 0.497 e. The fourth-order valence-electron chi connectivity index (χ4n) is 1.85. The van der Waals surface area contributed by atoms with Gasteiger partial charge in [0.25, 0.3) is 5.89 Å². The Hall–Kier alpha value is -2.04. The maximum absolute atomic E-state index is 6.13. The van der Waals surface area contributed by atoms with E-state index >= 15 is 0 Å². The lowest BCUT2D eigenvalue weighted by atomic mass is 10.2. The molecular formula is C15H10Cl2N2O2. The third-order valence-corrected chi connectivity index (χ3v) is 3.48. The standard InChI is InChI=1S/C15H10Cl2N2O2/c1-20-11-5-2-9(3-6-11)14-18-15(21-19-14)12-7-4-10(16)8-13(12)17/h2-8H,1H3. The minimum absolute atomic E-state index is 0.350. The molecule has 0 radical (unpaired) electrons. The van der Waals surface area contributed by atoms with Crippen LogP contribution >= 0.6 is 23.2 Å². The van der Waals surface area contributed by atoms with Gasteiger partial charge in [-0.05, 0) is 42.5 Å². The van der Waals surface area contributed by atoms with Gasteiger partial charge < -0.3 is 9.26 Å². The van der Waals surface area contributed by atoms with Gasteiger partial charge in [0.15, 0.2) is 0 Å². The quantitative estimate of drug-likeness (QED) is 0.700. The summed E-state index contributed by atoms with van der Waals surface area (Å²) in [5, 5.41) is 4.98. The summed E-state index contributed by atoms with van der Waals surface area (Å²) in [5.74, 6) is 1.60.